The van der Waals surface area contributed by atoms with Crippen LogP contribution in [0.3, 0.4) is 0 Å². The SMILES string of the molecule is N#CC(C#N)=C1/C(=C/c2ccc(N(c3ccc(Cl)cc3)c3cccc4ccccc34)s2)C(=O)c2ccccc21. The lowest BCUT2D eigenvalue weighted by molar-refractivity contribution is 0.104. The maximum absolute atomic E-state index is 13.4. The van der Waals surface area contributed by atoms with Gasteiger partial charge in [0, 0.05) is 37.7 Å². The van der Waals surface area contributed by atoms with E-state index >= 15 is 0 Å². The largest absolute Gasteiger partial charge is 0.301 e. The number of nitriles is 2. The fraction of sp³-hybridized carbons (Fsp3) is 0. The second-order valence-corrected chi connectivity index (χ2v) is 10.4. The Bertz CT molecular complexity index is 1900. The number of carbonyl (C=O) groups excluding carboxylic acids is 1. The van der Waals surface area contributed by atoms with Crippen LogP contribution in [0.1, 0.15) is 20.8 Å². The number of allylic oxidation sites excluding steroid dienone is 3. The van der Waals surface area contributed by atoms with Gasteiger partial charge in [0.1, 0.15) is 22.7 Å². The molecule has 184 valence electrons. The Morgan fingerprint density at radius 1 is 0.795 bits per heavy atom. The van der Waals surface area contributed by atoms with E-state index in [-0.39, 0.29) is 11.4 Å². The molecule has 6 heteroatoms. The third-order valence-corrected chi connectivity index (χ3v) is 7.91. The highest BCUT2D eigenvalue weighted by molar-refractivity contribution is 7.17. The van der Waals surface area contributed by atoms with Crippen molar-refractivity contribution in [3.8, 4) is 12.1 Å². The Morgan fingerprint density at radius 2 is 1.49 bits per heavy atom. The predicted octanol–water partition coefficient (Wildman–Crippen LogP) is 9.11. The van der Waals surface area contributed by atoms with Crippen LogP contribution in [-0.2, 0) is 0 Å². The van der Waals surface area contributed by atoms with Gasteiger partial charge in [0.15, 0.2) is 5.78 Å². The number of hydrogen-bond acceptors (Lipinski definition) is 5. The molecular formula is C33H18ClN3OS. The molecule has 4 nitrogen and oxygen atoms in total. The van der Waals surface area contributed by atoms with Gasteiger partial charge in [-0.05, 0) is 59.5 Å². The van der Waals surface area contributed by atoms with Gasteiger partial charge in [0.2, 0.25) is 0 Å². The molecule has 4 aromatic carbocycles. The van der Waals surface area contributed by atoms with Crippen LogP contribution in [0.4, 0.5) is 16.4 Å². The second kappa shape index (κ2) is 10.1. The number of hydrogen-bond donors (Lipinski definition) is 0. The standard InChI is InChI=1S/C33H18ClN3OS/c34-23-12-14-24(15-13-23)37(30-11-5-7-21-6-1-2-8-26(21)30)31-17-16-25(39-31)18-29-32(22(19-35)20-36)27-9-3-4-10-28(27)33(29)38/h1-18H/b29-18-. The van der Waals surface area contributed by atoms with Crippen LogP contribution in [0.25, 0.3) is 22.4 Å². The summed E-state index contributed by atoms with van der Waals surface area (Å²) in [5.74, 6) is -0.192. The minimum absolute atomic E-state index is 0.0742. The average Bonchev–Trinajstić information content (AvgIpc) is 3.54. The molecule has 1 aliphatic rings. The number of halogens is 1. The van der Waals surface area contributed by atoms with Crippen molar-refractivity contribution in [2.24, 2.45) is 0 Å². The van der Waals surface area contributed by atoms with E-state index in [2.05, 4.69) is 29.2 Å². The number of nitrogens with zero attached hydrogens (tertiary/aromatic N) is 3. The first-order valence-corrected chi connectivity index (χ1v) is 13.3. The molecule has 0 atom stereocenters. The molecule has 0 saturated carbocycles. The van der Waals surface area contributed by atoms with Gasteiger partial charge in [-0.25, -0.2) is 0 Å². The normalized spacial score (nSPS) is 13.3. The van der Waals surface area contributed by atoms with E-state index in [9.17, 15) is 15.3 Å². The molecular weight excluding hydrogens is 522 g/mol. The molecule has 0 fully saturated rings. The monoisotopic (exact) mass is 539 g/mol. The average molecular weight is 540 g/mol. The first kappa shape index (κ1) is 24.4. The van der Waals surface area contributed by atoms with E-state index < -0.39 is 0 Å². The number of Topliss-reactive ketones (excluding diaryl/α,β-unsaturated/α-hetero) is 1. The molecule has 6 rings (SSSR count). The van der Waals surface area contributed by atoms with Crippen LogP contribution >= 0.6 is 22.9 Å². The summed E-state index contributed by atoms with van der Waals surface area (Å²) in [6.07, 6.45) is 1.78. The summed E-state index contributed by atoms with van der Waals surface area (Å²) < 4.78 is 0. The minimum atomic E-state index is -0.192. The number of anilines is 3. The minimum Gasteiger partial charge on any atom is -0.301 e. The van der Waals surface area contributed by atoms with Crippen LogP contribution in [0.2, 0.25) is 5.02 Å². The number of thiophene rings is 1. The van der Waals surface area contributed by atoms with Gasteiger partial charge < -0.3 is 4.90 Å². The molecule has 1 heterocycles. The molecule has 0 radical (unpaired) electrons. The van der Waals surface area contributed by atoms with Gasteiger partial charge in [0.25, 0.3) is 0 Å². The highest BCUT2D eigenvalue weighted by Crippen LogP contribution is 2.44. The van der Waals surface area contributed by atoms with Crippen molar-refractivity contribution in [2.75, 3.05) is 4.90 Å². The lowest BCUT2D eigenvalue weighted by Crippen LogP contribution is -2.08. The van der Waals surface area contributed by atoms with Crippen molar-refractivity contribution in [1.82, 2.24) is 0 Å². The molecule has 1 aromatic heterocycles. The number of carbonyl (C=O) groups is 1. The summed E-state index contributed by atoms with van der Waals surface area (Å²) in [6, 6.07) is 37.1. The van der Waals surface area contributed by atoms with Gasteiger partial charge in [0.05, 0.1) is 5.69 Å². The molecule has 0 N–H and O–H groups in total. The van der Waals surface area contributed by atoms with E-state index in [1.54, 1.807) is 30.3 Å². The Kier molecular flexibility index (Phi) is 6.31. The molecule has 0 spiro atoms. The molecule has 1 aliphatic carbocycles. The molecule has 0 amide bonds. The van der Waals surface area contributed by atoms with Gasteiger partial charge in [-0.2, -0.15) is 10.5 Å². The van der Waals surface area contributed by atoms with Crippen molar-refractivity contribution in [3.05, 3.63) is 135 Å². The van der Waals surface area contributed by atoms with E-state index in [1.165, 1.54) is 11.3 Å². The zero-order chi connectivity index (χ0) is 26.9. The predicted molar refractivity (Wildman–Crippen MR) is 158 cm³/mol. The summed E-state index contributed by atoms with van der Waals surface area (Å²) in [6.45, 7) is 0. The zero-order valence-corrected chi connectivity index (χ0v) is 22.0. The number of fused-ring (bicyclic) bond motifs is 2. The molecule has 0 bridgehead atoms. The maximum Gasteiger partial charge on any atom is 0.194 e. The van der Waals surface area contributed by atoms with Crippen molar-refractivity contribution in [2.45, 2.75) is 0 Å². The maximum atomic E-state index is 13.4. The lowest BCUT2D eigenvalue weighted by atomic mass is 9.99. The summed E-state index contributed by atoms with van der Waals surface area (Å²) in [5.41, 5.74) is 3.73. The number of benzene rings is 4. The van der Waals surface area contributed by atoms with Crippen molar-refractivity contribution in [1.29, 1.82) is 10.5 Å². The Balaban J connectivity index is 1.51. The Hall–Kier alpha value is -4.94. The van der Waals surface area contributed by atoms with Gasteiger partial charge >= 0.3 is 0 Å². The topological polar surface area (TPSA) is 67.9 Å². The van der Waals surface area contributed by atoms with Gasteiger partial charge in [-0.15, -0.1) is 11.3 Å². The van der Waals surface area contributed by atoms with Crippen molar-refractivity contribution >= 4 is 67.5 Å². The van der Waals surface area contributed by atoms with Crippen LogP contribution in [0.5, 0.6) is 0 Å². The van der Waals surface area contributed by atoms with Gasteiger partial charge in [-0.3, -0.25) is 4.79 Å². The van der Waals surface area contributed by atoms with E-state index in [0.717, 1.165) is 32.0 Å². The molecule has 5 aromatic rings. The van der Waals surface area contributed by atoms with Crippen molar-refractivity contribution < 1.29 is 4.79 Å². The third-order valence-electron chi connectivity index (χ3n) is 6.64. The molecule has 0 unspecified atom stereocenters. The number of ketones is 1. The first-order valence-electron chi connectivity index (χ1n) is 12.1. The Labute approximate surface area is 234 Å². The van der Waals surface area contributed by atoms with E-state index in [1.807, 2.05) is 66.7 Å². The first-order chi connectivity index (χ1) is 19.1. The van der Waals surface area contributed by atoms with Crippen LogP contribution in [0, 0.1) is 22.7 Å². The smallest absolute Gasteiger partial charge is 0.194 e. The molecule has 0 saturated heterocycles. The second-order valence-electron chi connectivity index (χ2n) is 8.89. The Morgan fingerprint density at radius 3 is 2.26 bits per heavy atom. The van der Waals surface area contributed by atoms with Crippen molar-refractivity contribution in [3.63, 3.8) is 0 Å². The summed E-state index contributed by atoms with van der Waals surface area (Å²) in [7, 11) is 0. The highest BCUT2D eigenvalue weighted by atomic mass is 35.5. The quantitative estimate of drug-likeness (QED) is 0.169. The third kappa shape index (κ3) is 4.31. The fourth-order valence-electron chi connectivity index (χ4n) is 4.91. The van der Waals surface area contributed by atoms with E-state index in [4.69, 9.17) is 11.6 Å². The number of rotatable bonds is 4. The molecule has 39 heavy (non-hydrogen) atoms. The van der Waals surface area contributed by atoms with E-state index in [0.29, 0.717) is 27.3 Å². The van der Waals surface area contributed by atoms with Crippen LogP contribution < -0.4 is 4.90 Å². The summed E-state index contributed by atoms with van der Waals surface area (Å²) in [5, 5.41) is 23.1. The zero-order valence-electron chi connectivity index (χ0n) is 20.4. The molecule has 0 aliphatic heterocycles. The summed E-state index contributed by atoms with van der Waals surface area (Å²) >= 11 is 7.73. The lowest BCUT2D eigenvalue weighted by Gasteiger charge is -2.25. The van der Waals surface area contributed by atoms with Gasteiger partial charge in [-0.1, -0.05) is 72.3 Å². The summed E-state index contributed by atoms with van der Waals surface area (Å²) in [4.78, 5) is 16.4. The van der Waals surface area contributed by atoms with Crippen LogP contribution in [-0.4, -0.2) is 5.78 Å². The highest BCUT2D eigenvalue weighted by Gasteiger charge is 2.32. The van der Waals surface area contributed by atoms with Crippen LogP contribution in [0.15, 0.2) is 114 Å². The fourth-order valence-corrected chi connectivity index (χ4v) is 6.02.